The largest absolute Gasteiger partial charge is 0.463 e. The van der Waals surface area contributed by atoms with Crippen LogP contribution in [-0.4, -0.2) is 12.1 Å². The van der Waals surface area contributed by atoms with Gasteiger partial charge in [-0.05, 0) is 26.2 Å². The van der Waals surface area contributed by atoms with E-state index in [9.17, 15) is 4.79 Å². The molecule has 0 spiro atoms. The van der Waals surface area contributed by atoms with Crippen molar-refractivity contribution in [2.75, 3.05) is 0 Å². The minimum atomic E-state index is 0.0139. The van der Waals surface area contributed by atoms with Crippen molar-refractivity contribution < 1.29 is 9.53 Å². The predicted molar refractivity (Wildman–Crippen MR) is 115 cm³/mol. The second-order valence-corrected chi connectivity index (χ2v) is 8.14. The molecule has 156 valence electrons. The molecule has 0 aliphatic carbocycles. The third kappa shape index (κ3) is 19.8. The molecule has 0 fully saturated rings. The van der Waals surface area contributed by atoms with E-state index in [-0.39, 0.29) is 12.1 Å². The Balaban J connectivity index is 3.32. The van der Waals surface area contributed by atoms with Crippen molar-refractivity contribution >= 4 is 5.97 Å². The Hall–Kier alpha value is -0.530. The Morgan fingerprint density at radius 1 is 0.615 bits per heavy atom. The van der Waals surface area contributed by atoms with E-state index in [0.717, 1.165) is 12.8 Å². The van der Waals surface area contributed by atoms with Gasteiger partial charge in [-0.1, -0.05) is 110 Å². The molecule has 1 atom stereocenters. The zero-order chi connectivity index (χ0) is 19.3. The van der Waals surface area contributed by atoms with E-state index in [2.05, 4.69) is 20.8 Å². The van der Waals surface area contributed by atoms with Crippen molar-refractivity contribution in [3.05, 3.63) is 0 Å². The molecule has 0 aromatic carbocycles. The molecule has 0 saturated carbocycles. The van der Waals surface area contributed by atoms with Gasteiger partial charge < -0.3 is 4.74 Å². The second kappa shape index (κ2) is 20.8. The molecule has 0 bridgehead atoms. The molecule has 0 unspecified atom stereocenters. The molecule has 0 aromatic heterocycles. The topological polar surface area (TPSA) is 26.3 Å². The molecular formula is C24H48O2. The van der Waals surface area contributed by atoms with Crippen LogP contribution in [0.1, 0.15) is 143 Å². The van der Waals surface area contributed by atoms with Crippen LogP contribution in [0.5, 0.6) is 0 Å². The first kappa shape index (κ1) is 25.5. The number of ether oxygens (including phenoxy) is 1. The van der Waals surface area contributed by atoms with Crippen LogP contribution in [0.15, 0.2) is 0 Å². The van der Waals surface area contributed by atoms with Gasteiger partial charge in [-0.3, -0.25) is 4.79 Å². The Morgan fingerprint density at radius 2 is 1.00 bits per heavy atom. The number of carbonyl (C=O) groups excluding carboxylic acids is 1. The first-order chi connectivity index (χ1) is 12.7. The van der Waals surface area contributed by atoms with Crippen molar-refractivity contribution in [1.29, 1.82) is 0 Å². The summed E-state index contributed by atoms with van der Waals surface area (Å²) in [6.45, 7) is 6.57. The van der Waals surface area contributed by atoms with Gasteiger partial charge in [0.25, 0.3) is 0 Å². The average molecular weight is 369 g/mol. The normalized spacial score (nSPS) is 12.3. The van der Waals surface area contributed by atoms with Gasteiger partial charge in [0.05, 0.1) is 6.10 Å². The van der Waals surface area contributed by atoms with Crippen LogP contribution in [0.3, 0.4) is 0 Å². The van der Waals surface area contributed by atoms with Crippen molar-refractivity contribution in [2.45, 2.75) is 149 Å². The minimum absolute atomic E-state index is 0.0139. The standard InChI is InChI=1S/C24H48O2/c1-4-6-8-10-12-14-16-18-20-22-24(25)26-23(3)21-19-17-15-13-11-9-7-5-2/h23H,4-22H2,1-3H3/t23-/m1/s1. The van der Waals surface area contributed by atoms with Crippen molar-refractivity contribution in [2.24, 2.45) is 0 Å². The van der Waals surface area contributed by atoms with Gasteiger partial charge in [0.15, 0.2) is 0 Å². The fourth-order valence-corrected chi connectivity index (χ4v) is 3.49. The third-order valence-corrected chi connectivity index (χ3v) is 5.28. The molecule has 0 aromatic rings. The Bertz CT molecular complexity index is 288. The smallest absolute Gasteiger partial charge is 0.306 e. The van der Waals surface area contributed by atoms with E-state index < -0.39 is 0 Å². The van der Waals surface area contributed by atoms with Crippen LogP contribution >= 0.6 is 0 Å². The number of hydrogen-bond donors (Lipinski definition) is 0. The lowest BCUT2D eigenvalue weighted by molar-refractivity contribution is -0.148. The third-order valence-electron chi connectivity index (χ3n) is 5.28. The van der Waals surface area contributed by atoms with Crippen molar-refractivity contribution in [3.8, 4) is 0 Å². The highest BCUT2D eigenvalue weighted by Gasteiger charge is 2.09. The van der Waals surface area contributed by atoms with Crippen LogP contribution in [-0.2, 0) is 9.53 Å². The first-order valence-electron chi connectivity index (χ1n) is 11.9. The summed E-state index contributed by atoms with van der Waals surface area (Å²) in [6, 6.07) is 0. The SMILES string of the molecule is CCCCCCCCCCCC(=O)O[C@H](C)CCCCCCCCCC. The summed E-state index contributed by atoms with van der Waals surface area (Å²) in [5.74, 6) is 0.0139. The van der Waals surface area contributed by atoms with Gasteiger partial charge in [-0.25, -0.2) is 0 Å². The number of hydrogen-bond acceptors (Lipinski definition) is 2. The Kier molecular flexibility index (Phi) is 20.4. The van der Waals surface area contributed by atoms with Gasteiger partial charge in [-0.15, -0.1) is 0 Å². The zero-order valence-electron chi connectivity index (χ0n) is 18.3. The van der Waals surface area contributed by atoms with Crippen LogP contribution in [0.4, 0.5) is 0 Å². The van der Waals surface area contributed by atoms with E-state index >= 15 is 0 Å². The number of carbonyl (C=O) groups is 1. The summed E-state index contributed by atoms with van der Waals surface area (Å²) in [6.07, 6.45) is 24.0. The quantitative estimate of drug-likeness (QED) is 0.159. The fourth-order valence-electron chi connectivity index (χ4n) is 3.49. The molecule has 26 heavy (non-hydrogen) atoms. The van der Waals surface area contributed by atoms with Gasteiger partial charge >= 0.3 is 5.97 Å². The summed E-state index contributed by atoms with van der Waals surface area (Å²) in [7, 11) is 0. The van der Waals surface area contributed by atoms with E-state index in [0.29, 0.717) is 6.42 Å². The Morgan fingerprint density at radius 3 is 1.46 bits per heavy atom. The lowest BCUT2D eigenvalue weighted by atomic mass is 10.1. The summed E-state index contributed by atoms with van der Waals surface area (Å²) >= 11 is 0. The minimum Gasteiger partial charge on any atom is -0.463 e. The maximum Gasteiger partial charge on any atom is 0.306 e. The van der Waals surface area contributed by atoms with Gasteiger partial charge in [0, 0.05) is 6.42 Å². The molecule has 0 N–H and O–H groups in total. The predicted octanol–water partition coefficient (Wildman–Crippen LogP) is 8.37. The summed E-state index contributed by atoms with van der Waals surface area (Å²) in [4.78, 5) is 11.9. The van der Waals surface area contributed by atoms with Crippen LogP contribution in [0, 0.1) is 0 Å². The summed E-state index contributed by atoms with van der Waals surface area (Å²) in [5, 5.41) is 0. The molecule has 0 radical (unpaired) electrons. The highest BCUT2D eigenvalue weighted by atomic mass is 16.5. The molecule has 0 aliphatic rings. The van der Waals surface area contributed by atoms with Gasteiger partial charge in [0.1, 0.15) is 0 Å². The molecule has 0 saturated heterocycles. The van der Waals surface area contributed by atoms with Crippen molar-refractivity contribution in [3.63, 3.8) is 0 Å². The van der Waals surface area contributed by atoms with Gasteiger partial charge in [0.2, 0.25) is 0 Å². The zero-order valence-corrected chi connectivity index (χ0v) is 18.3. The monoisotopic (exact) mass is 368 g/mol. The van der Waals surface area contributed by atoms with E-state index in [4.69, 9.17) is 4.74 Å². The molecule has 0 amide bonds. The second-order valence-electron chi connectivity index (χ2n) is 8.14. The van der Waals surface area contributed by atoms with E-state index in [1.165, 1.54) is 103 Å². The summed E-state index contributed by atoms with van der Waals surface area (Å²) in [5.41, 5.74) is 0. The highest BCUT2D eigenvalue weighted by molar-refractivity contribution is 5.69. The molecule has 0 heterocycles. The highest BCUT2D eigenvalue weighted by Crippen LogP contribution is 2.14. The number of esters is 1. The Labute approximate surface area is 164 Å². The van der Waals surface area contributed by atoms with Crippen LogP contribution < -0.4 is 0 Å². The van der Waals surface area contributed by atoms with Crippen LogP contribution in [0.25, 0.3) is 0 Å². The fraction of sp³-hybridized carbons (Fsp3) is 0.958. The average Bonchev–Trinajstić information content (AvgIpc) is 2.62. The molecule has 0 aliphatic heterocycles. The molecule has 2 nitrogen and oxygen atoms in total. The first-order valence-corrected chi connectivity index (χ1v) is 11.9. The van der Waals surface area contributed by atoms with Crippen molar-refractivity contribution in [1.82, 2.24) is 0 Å². The number of rotatable bonds is 20. The van der Waals surface area contributed by atoms with E-state index in [1.807, 2.05) is 0 Å². The molecule has 2 heteroatoms. The van der Waals surface area contributed by atoms with Crippen LogP contribution in [0.2, 0.25) is 0 Å². The summed E-state index contributed by atoms with van der Waals surface area (Å²) < 4.78 is 5.54. The number of unbranched alkanes of at least 4 members (excludes halogenated alkanes) is 15. The molecular weight excluding hydrogens is 320 g/mol. The lowest BCUT2D eigenvalue weighted by Crippen LogP contribution is -2.14. The molecule has 0 rings (SSSR count). The maximum atomic E-state index is 11.9. The van der Waals surface area contributed by atoms with Gasteiger partial charge in [-0.2, -0.15) is 0 Å². The lowest BCUT2D eigenvalue weighted by Gasteiger charge is -2.13. The maximum absolute atomic E-state index is 11.9. The van der Waals surface area contributed by atoms with E-state index in [1.54, 1.807) is 0 Å².